The van der Waals surface area contributed by atoms with Crippen LogP contribution in [0.5, 0.6) is 0 Å². The van der Waals surface area contributed by atoms with E-state index in [1.54, 1.807) is 32.7 Å². The SMILES string of the molecule is [B]OC(=O)C(C)(C)C(C)N(C)C(=O)C(C)(C)C. The highest BCUT2D eigenvalue weighted by Crippen LogP contribution is 2.28. The van der Waals surface area contributed by atoms with Crippen molar-refractivity contribution >= 4 is 19.9 Å². The van der Waals surface area contributed by atoms with Crippen molar-refractivity contribution in [1.82, 2.24) is 4.90 Å². The van der Waals surface area contributed by atoms with Gasteiger partial charge in [-0.15, -0.1) is 0 Å². The van der Waals surface area contributed by atoms with Crippen LogP contribution in [-0.2, 0) is 14.2 Å². The van der Waals surface area contributed by atoms with Crippen molar-refractivity contribution in [2.24, 2.45) is 10.8 Å². The molecule has 0 aromatic heterocycles. The Hall–Kier alpha value is -0.995. The van der Waals surface area contributed by atoms with Gasteiger partial charge in [-0.25, -0.2) is 0 Å². The Balaban J connectivity index is 5.00. The van der Waals surface area contributed by atoms with Crippen molar-refractivity contribution in [3.05, 3.63) is 0 Å². The lowest BCUT2D eigenvalue weighted by Crippen LogP contribution is -2.51. The molecule has 0 aromatic carbocycles. The van der Waals surface area contributed by atoms with Gasteiger partial charge in [0.15, 0.2) is 0 Å². The molecule has 0 aliphatic carbocycles. The Morgan fingerprint density at radius 1 is 1.18 bits per heavy atom. The smallest absolute Gasteiger partial charge is 0.378 e. The van der Waals surface area contributed by atoms with Crippen LogP contribution in [0.2, 0.25) is 0 Å². The van der Waals surface area contributed by atoms with E-state index in [-0.39, 0.29) is 11.9 Å². The van der Waals surface area contributed by atoms with Gasteiger partial charge in [-0.2, -0.15) is 0 Å². The number of hydrogen-bond acceptors (Lipinski definition) is 3. The summed E-state index contributed by atoms with van der Waals surface area (Å²) in [4.78, 5) is 25.2. The Kier molecular flexibility index (Phi) is 4.81. The molecule has 0 N–H and O–H groups in total. The van der Waals surface area contributed by atoms with Crippen molar-refractivity contribution in [2.75, 3.05) is 7.05 Å². The first-order chi connectivity index (χ1) is 7.46. The second-order valence-corrected chi connectivity index (χ2v) is 5.97. The molecule has 1 unspecified atom stereocenters. The molecule has 2 radical (unpaired) electrons. The molecule has 0 saturated carbocycles. The van der Waals surface area contributed by atoms with Gasteiger partial charge in [0.2, 0.25) is 5.91 Å². The van der Waals surface area contributed by atoms with Crippen LogP contribution < -0.4 is 0 Å². The van der Waals surface area contributed by atoms with Crippen LogP contribution in [0.1, 0.15) is 41.5 Å². The Bertz CT molecular complexity index is 307. The fourth-order valence-electron chi connectivity index (χ4n) is 1.51. The van der Waals surface area contributed by atoms with Gasteiger partial charge in [-0.3, -0.25) is 9.59 Å². The molecule has 0 rings (SSSR count). The molecular weight excluding hydrogens is 217 g/mol. The third-order valence-electron chi connectivity index (χ3n) is 3.22. The fourth-order valence-corrected chi connectivity index (χ4v) is 1.51. The first-order valence-electron chi connectivity index (χ1n) is 5.64. The van der Waals surface area contributed by atoms with Crippen LogP contribution in [0.3, 0.4) is 0 Å². The molecular formula is C12H22BNO3. The van der Waals surface area contributed by atoms with Gasteiger partial charge < -0.3 is 9.55 Å². The molecule has 17 heavy (non-hydrogen) atoms. The molecule has 1 atom stereocenters. The van der Waals surface area contributed by atoms with Gasteiger partial charge in [0.05, 0.1) is 5.41 Å². The molecule has 4 nitrogen and oxygen atoms in total. The number of amides is 1. The summed E-state index contributed by atoms with van der Waals surface area (Å²) < 4.78 is 4.27. The fraction of sp³-hybridized carbons (Fsp3) is 0.833. The van der Waals surface area contributed by atoms with Crippen LogP contribution >= 0.6 is 0 Å². The summed E-state index contributed by atoms with van der Waals surface area (Å²) in [5, 5.41) is 0. The lowest BCUT2D eigenvalue weighted by molar-refractivity contribution is -0.152. The first-order valence-corrected chi connectivity index (χ1v) is 5.64. The summed E-state index contributed by atoms with van der Waals surface area (Å²) in [6.07, 6.45) is 0. The number of hydrogen-bond donors (Lipinski definition) is 0. The Morgan fingerprint density at radius 2 is 1.59 bits per heavy atom. The van der Waals surface area contributed by atoms with Crippen molar-refractivity contribution in [1.29, 1.82) is 0 Å². The first kappa shape index (κ1) is 16.0. The average Bonchev–Trinajstić information content (AvgIpc) is 2.23. The van der Waals surface area contributed by atoms with Crippen LogP contribution in [0.15, 0.2) is 0 Å². The largest absolute Gasteiger partial charge is 0.543 e. The predicted molar refractivity (Wildman–Crippen MR) is 67.3 cm³/mol. The zero-order valence-corrected chi connectivity index (χ0v) is 11.8. The van der Waals surface area contributed by atoms with Crippen LogP contribution in [0.25, 0.3) is 0 Å². The molecule has 1 amide bonds. The number of rotatable bonds is 3. The van der Waals surface area contributed by atoms with E-state index >= 15 is 0 Å². The number of carbonyl (C=O) groups excluding carboxylic acids is 2. The molecule has 5 heteroatoms. The quantitative estimate of drug-likeness (QED) is 0.701. The normalized spacial score (nSPS) is 14.1. The number of carbonyl (C=O) groups is 2. The maximum Gasteiger partial charge on any atom is 0.378 e. The highest BCUT2D eigenvalue weighted by Gasteiger charge is 2.40. The summed E-state index contributed by atoms with van der Waals surface area (Å²) in [6, 6.07) is -0.301. The molecule has 0 saturated heterocycles. The minimum absolute atomic E-state index is 0.0251. The minimum Gasteiger partial charge on any atom is -0.543 e. The van der Waals surface area contributed by atoms with Crippen LogP contribution in [-0.4, -0.2) is 37.9 Å². The van der Waals surface area contributed by atoms with E-state index in [9.17, 15) is 9.59 Å². The van der Waals surface area contributed by atoms with E-state index < -0.39 is 16.8 Å². The van der Waals surface area contributed by atoms with Crippen molar-refractivity contribution < 1.29 is 14.2 Å². The van der Waals surface area contributed by atoms with Gasteiger partial charge in [0.25, 0.3) is 5.97 Å². The van der Waals surface area contributed by atoms with E-state index in [2.05, 4.69) is 4.65 Å². The third-order valence-corrected chi connectivity index (χ3v) is 3.22. The number of nitrogens with zero attached hydrogens (tertiary/aromatic N) is 1. The van der Waals surface area contributed by atoms with Crippen LogP contribution in [0, 0.1) is 10.8 Å². The highest BCUT2D eigenvalue weighted by atomic mass is 16.5. The maximum absolute atomic E-state index is 12.1. The third kappa shape index (κ3) is 3.48. The van der Waals surface area contributed by atoms with E-state index in [4.69, 9.17) is 8.05 Å². The highest BCUT2D eigenvalue weighted by molar-refractivity contribution is 6.06. The molecule has 96 valence electrons. The molecule has 0 fully saturated rings. The van der Waals surface area contributed by atoms with Gasteiger partial charge in [-0.1, -0.05) is 20.8 Å². The molecule has 0 aromatic rings. The molecule has 0 bridgehead atoms. The van der Waals surface area contributed by atoms with Crippen molar-refractivity contribution in [3.63, 3.8) is 0 Å². The molecule has 0 spiro atoms. The standard InChI is InChI=1S/C12H22BNO3/c1-8(12(5,6)10(16)17-13)14(7)9(15)11(2,3)4/h8H,1-7H3. The summed E-state index contributed by atoms with van der Waals surface area (Å²) in [6.45, 7) is 10.7. The molecule has 0 aliphatic rings. The Labute approximate surface area is 105 Å². The summed E-state index contributed by atoms with van der Waals surface area (Å²) in [5.41, 5.74) is -1.32. The van der Waals surface area contributed by atoms with E-state index in [0.29, 0.717) is 0 Å². The zero-order valence-electron chi connectivity index (χ0n) is 11.8. The Morgan fingerprint density at radius 3 is 1.88 bits per heavy atom. The topological polar surface area (TPSA) is 46.6 Å². The summed E-state index contributed by atoms with van der Waals surface area (Å²) in [5.74, 6) is -0.554. The van der Waals surface area contributed by atoms with E-state index in [1.165, 1.54) is 0 Å². The van der Waals surface area contributed by atoms with Gasteiger partial charge in [-0.05, 0) is 20.8 Å². The maximum atomic E-state index is 12.1. The zero-order chi connectivity index (χ0) is 14.0. The van der Waals surface area contributed by atoms with E-state index in [0.717, 1.165) is 0 Å². The predicted octanol–water partition coefficient (Wildman–Crippen LogP) is 1.53. The lowest BCUT2D eigenvalue weighted by atomic mass is 9.83. The molecule has 0 aliphatic heterocycles. The van der Waals surface area contributed by atoms with Gasteiger partial charge in [0.1, 0.15) is 0 Å². The van der Waals surface area contributed by atoms with E-state index in [1.807, 2.05) is 20.8 Å². The minimum atomic E-state index is -0.843. The van der Waals surface area contributed by atoms with Crippen molar-refractivity contribution in [3.8, 4) is 0 Å². The summed E-state index contributed by atoms with van der Waals surface area (Å²) in [7, 11) is 6.59. The summed E-state index contributed by atoms with van der Waals surface area (Å²) >= 11 is 0. The van der Waals surface area contributed by atoms with Crippen molar-refractivity contribution in [2.45, 2.75) is 47.6 Å². The van der Waals surface area contributed by atoms with Gasteiger partial charge >= 0.3 is 8.05 Å². The average molecular weight is 239 g/mol. The second kappa shape index (κ2) is 5.11. The monoisotopic (exact) mass is 239 g/mol. The second-order valence-electron chi connectivity index (χ2n) is 5.97. The lowest BCUT2D eigenvalue weighted by Gasteiger charge is -2.38. The molecule has 0 heterocycles. The van der Waals surface area contributed by atoms with Gasteiger partial charge in [0, 0.05) is 18.5 Å². The van der Waals surface area contributed by atoms with Crippen LogP contribution in [0.4, 0.5) is 0 Å².